The summed E-state index contributed by atoms with van der Waals surface area (Å²) in [5.74, 6) is 0.394. The van der Waals surface area contributed by atoms with Gasteiger partial charge in [0.1, 0.15) is 23.3 Å². The van der Waals surface area contributed by atoms with E-state index in [9.17, 15) is 9.90 Å². The Balaban J connectivity index is 2.01. The van der Waals surface area contributed by atoms with Gasteiger partial charge in [-0.05, 0) is 48.4 Å². The molecule has 0 aliphatic heterocycles. The smallest absolute Gasteiger partial charge is 0.320 e. The van der Waals surface area contributed by atoms with Crippen LogP contribution in [0.25, 0.3) is 0 Å². The number of rotatable bonds is 5. The summed E-state index contributed by atoms with van der Waals surface area (Å²) in [6.45, 7) is 0. The standard InChI is InChI=1S/C15H15NO4/c16-14(15(18)19)9-10-1-5-12(6-2-10)20-13-7-3-11(17)4-8-13/h1-8,14,17H,9,16H2,(H,18,19)/t14-/m0/s1/i3+1,4+1,7+1,8+1,11+1,13+1. The minimum absolute atomic E-state index is 0.176. The Morgan fingerprint density at radius 1 is 1.05 bits per heavy atom. The molecular weight excluding hydrogens is 264 g/mol. The third kappa shape index (κ3) is 3.73. The van der Waals surface area contributed by atoms with Crippen LogP contribution in [0.3, 0.4) is 0 Å². The number of aromatic hydroxyl groups is 1. The topological polar surface area (TPSA) is 92.8 Å². The fraction of sp³-hybridized carbons (Fsp3) is 0.133. The molecule has 0 unspecified atom stereocenters. The quantitative estimate of drug-likeness (QED) is 0.779. The molecule has 20 heavy (non-hydrogen) atoms. The van der Waals surface area contributed by atoms with Crippen LogP contribution in [0.15, 0.2) is 48.5 Å². The lowest BCUT2D eigenvalue weighted by Crippen LogP contribution is -2.32. The zero-order valence-corrected chi connectivity index (χ0v) is 10.7. The largest absolute Gasteiger partial charge is 0.508 e. The van der Waals surface area contributed by atoms with Crippen molar-refractivity contribution in [2.45, 2.75) is 12.5 Å². The van der Waals surface area contributed by atoms with E-state index in [-0.39, 0.29) is 12.2 Å². The second-order valence-corrected chi connectivity index (χ2v) is 4.39. The third-order valence-corrected chi connectivity index (χ3v) is 2.77. The van der Waals surface area contributed by atoms with E-state index in [0.29, 0.717) is 11.5 Å². The van der Waals surface area contributed by atoms with Gasteiger partial charge in [-0.25, -0.2) is 0 Å². The highest BCUT2D eigenvalue weighted by Gasteiger charge is 2.11. The number of ether oxygens (including phenoxy) is 1. The maximum absolute atomic E-state index is 10.7. The van der Waals surface area contributed by atoms with E-state index < -0.39 is 12.0 Å². The number of benzene rings is 2. The normalized spacial score (nSPS) is 11.8. The molecule has 0 saturated heterocycles. The Morgan fingerprint density at radius 3 is 2.05 bits per heavy atom. The highest BCUT2D eigenvalue weighted by atomic mass is 16.6. The monoisotopic (exact) mass is 279 g/mol. The van der Waals surface area contributed by atoms with Gasteiger partial charge in [0.2, 0.25) is 0 Å². The summed E-state index contributed by atoms with van der Waals surface area (Å²) in [6.07, 6.45) is 0.273. The highest BCUT2D eigenvalue weighted by molar-refractivity contribution is 5.73. The molecule has 0 saturated carbocycles. The molecule has 0 heterocycles. The number of carbonyl (C=O) groups is 1. The first-order chi connectivity index (χ1) is 9.54. The molecule has 2 aromatic carbocycles. The van der Waals surface area contributed by atoms with Gasteiger partial charge < -0.3 is 20.7 Å². The molecule has 4 N–H and O–H groups in total. The maximum atomic E-state index is 10.7. The van der Waals surface area contributed by atoms with E-state index in [4.69, 9.17) is 15.6 Å². The first-order valence-corrected chi connectivity index (χ1v) is 6.09. The van der Waals surface area contributed by atoms with Crippen molar-refractivity contribution in [3.8, 4) is 17.2 Å². The van der Waals surface area contributed by atoms with Crippen LogP contribution in [-0.4, -0.2) is 22.2 Å². The minimum Gasteiger partial charge on any atom is -0.508 e. The lowest BCUT2D eigenvalue weighted by molar-refractivity contribution is -0.138. The predicted octanol–water partition coefficient (Wildman–Crippen LogP) is 2.14. The van der Waals surface area contributed by atoms with Crippen molar-refractivity contribution in [3.63, 3.8) is 0 Å². The van der Waals surface area contributed by atoms with Gasteiger partial charge in [-0.15, -0.1) is 0 Å². The molecule has 1 atom stereocenters. The Morgan fingerprint density at radius 2 is 1.55 bits per heavy atom. The Hall–Kier alpha value is -2.53. The van der Waals surface area contributed by atoms with Crippen LogP contribution in [0.1, 0.15) is 5.56 Å². The molecule has 2 aromatic rings. The summed E-state index contributed by atoms with van der Waals surface area (Å²) in [5, 5.41) is 17.9. The molecule has 0 aliphatic carbocycles. The van der Waals surface area contributed by atoms with E-state index in [1.165, 1.54) is 12.1 Å². The summed E-state index contributed by atoms with van der Waals surface area (Å²) in [7, 11) is 0. The van der Waals surface area contributed by atoms with Crippen LogP contribution in [-0.2, 0) is 11.2 Å². The fourth-order valence-electron chi connectivity index (χ4n) is 1.69. The van der Waals surface area contributed by atoms with Crippen LogP contribution in [0.2, 0.25) is 0 Å². The number of aliphatic carboxylic acids is 1. The van der Waals surface area contributed by atoms with Gasteiger partial charge in [0, 0.05) is 0 Å². The molecule has 0 aromatic heterocycles. The van der Waals surface area contributed by atoms with Crippen molar-refractivity contribution >= 4 is 5.97 Å². The Labute approximate surface area is 116 Å². The average molecular weight is 279 g/mol. The van der Waals surface area contributed by atoms with E-state index >= 15 is 0 Å². The molecule has 0 fully saturated rings. The summed E-state index contributed by atoms with van der Waals surface area (Å²) in [5.41, 5.74) is 6.30. The van der Waals surface area contributed by atoms with Crippen LogP contribution in [0.5, 0.6) is 17.2 Å². The molecule has 5 heteroatoms. The number of nitrogens with two attached hydrogens (primary N) is 1. The van der Waals surface area contributed by atoms with E-state index in [2.05, 4.69) is 0 Å². The van der Waals surface area contributed by atoms with Crippen molar-refractivity contribution in [1.29, 1.82) is 0 Å². The zero-order valence-electron chi connectivity index (χ0n) is 10.7. The van der Waals surface area contributed by atoms with Gasteiger partial charge in [0.15, 0.2) is 0 Å². The SMILES string of the molecule is N[C@@H](Cc1ccc(O[13c]2[13cH][13cH][13c](O)[13cH][13cH]2)cc1)C(=O)O. The molecule has 0 amide bonds. The zero-order chi connectivity index (χ0) is 14.5. The molecule has 0 radical (unpaired) electrons. The fourth-order valence-corrected chi connectivity index (χ4v) is 1.69. The van der Waals surface area contributed by atoms with Gasteiger partial charge in [-0.1, -0.05) is 12.1 Å². The number of carboxylic acid groups (broad SMARTS) is 1. The lowest BCUT2D eigenvalue weighted by Gasteiger charge is -2.08. The van der Waals surface area contributed by atoms with Gasteiger partial charge in [0.25, 0.3) is 0 Å². The highest BCUT2D eigenvalue weighted by Crippen LogP contribution is 2.23. The number of hydrogen-bond donors (Lipinski definition) is 3. The van der Waals surface area contributed by atoms with Gasteiger partial charge >= 0.3 is 5.97 Å². The first kappa shape index (κ1) is 13.9. The number of carboxylic acids is 1. The molecule has 0 bridgehead atoms. The van der Waals surface area contributed by atoms with Crippen LogP contribution >= 0.6 is 0 Å². The summed E-state index contributed by atoms with van der Waals surface area (Å²) in [6, 6.07) is 12.5. The Kier molecular flexibility index (Phi) is 4.22. The van der Waals surface area contributed by atoms with Crippen molar-refractivity contribution in [2.75, 3.05) is 0 Å². The van der Waals surface area contributed by atoms with Crippen molar-refractivity contribution in [1.82, 2.24) is 0 Å². The summed E-state index contributed by atoms with van der Waals surface area (Å²) in [4.78, 5) is 10.7. The molecule has 104 valence electrons. The molecular formula is C15H15NO4. The third-order valence-electron chi connectivity index (χ3n) is 2.77. The predicted molar refractivity (Wildman–Crippen MR) is 73.9 cm³/mol. The van der Waals surface area contributed by atoms with Gasteiger partial charge in [0.05, 0.1) is 0 Å². The van der Waals surface area contributed by atoms with Gasteiger partial charge in [-0.2, -0.15) is 0 Å². The molecule has 5 nitrogen and oxygen atoms in total. The van der Waals surface area contributed by atoms with Crippen LogP contribution in [0, 0.1) is 0 Å². The van der Waals surface area contributed by atoms with Crippen molar-refractivity contribution < 1.29 is 19.7 Å². The first-order valence-electron chi connectivity index (χ1n) is 6.09. The van der Waals surface area contributed by atoms with E-state index in [0.717, 1.165) is 5.56 Å². The average Bonchev–Trinajstić information content (AvgIpc) is 2.43. The molecule has 0 aliphatic rings. The second-order valence-electron chi connectivity index (χ2n) is 4.39. The van der Waals surface area contributed by atoms with Crippen LogP contribution < -0.4 is 10.5 Å². The maximum Gasteiger partial charge on any atom is 0.320 e. The van der Waals surface area contributed by atoms with Crippen molar-refractivity contribution in [2.24, 2.45) is 5.73 Å². The molecule has 2 rings (SSSR count). The lowest BCUT2D eigenvalue weighted by atomic mass is 10.1. The van der Waals surface area contributed by atoms with Crippen molar-refractivity contribution in [3.05, 3.63) is 54.1 Å². The molecule has 0 spiro atoms. The van der Waals surface area contributed by atoms with E-state index in [1.807, 2.05) is 0 Å². The van der Waals surface area contributed by atoms with Crippen LogP contribution in [0.4, 0.5) is 0 Å². The second kappa shape index (κ2) is 6.08. The summed E-state index contributed by atoms with van der Waals surface area (Å²) < 4.78 is 5.58. The number of phenols is 1. The summed E-state index contributed by atoms with van der Waals surface area (Å²) >= 11 is 0. The number of hydrogen-bond acceptors (Lipinski definition) is 4. The number of phenolic OH excluding ortho intramolecular Hbond substituents is 1. The van der Waals surface area contributed by atoms with E-state index in [1.54, 1.807) is 36.4 Å². The minimum atomic E-state index is -1.02. The van der Waals surface area contributed by atoms with Gasteiger partial charge in [-0.3, -0.25) is 4.79 Å². The Bertz CT molecular complexity index is 578.